The summed E-state index contributed by atoms with van der Waals surface area (Å²) in [5.41, 5.74) is 7.77. The molecule has 0 bridgehead atoms. The molecule has 39 heavy (non-hydrogen) atoms. The molecular formula is C33H32N2O4. The van der Waals surface area contributed by atoms with Gasteiger partial charge in [-0.2, -0.15) is 10.5 Å². The van der Waals surface area contributed by atoms with Crippen LogP contribution in [0.2, 0.25) is 0 Å². The molecule has 2 aliphatic carbocycles. The maximum absolute atomic E-state index is 10.0. The van der Waals surface area contributed by atoms with Gasteiger partial charge in [0.05, 0.1) is 14.2 Å². The van der Waals surface area contributed by atoms with Crippen LogP contribution in [-0.4, -0.2) is 14.2 Å². The number of methoxy groups -OCH3 is 2. The van der Waals surface area contributed by atoms with Gasteiger partial charge in [0.1, 0.15) is 23.3 Å². The summed E-state index contributed by atoms with van der Waals surface area (Å²) in [7, 11) is 2.91. The smallest absolute Gasteiger partial charge is 0.217 e. The number of fused-ring (bicyclic) bond motifs is 6. The van der Waals surface area contributed by atoms with Crippen LogP contribution < -0.4 is 18.9 Å². The van der Waals surface area contributed by atoms with Crippen LogP contribution in [0.25, 0.3) is 0 Å². The number of benzene rings is 3. The lowest BCUT2D eigenvalue weighted by atomic mass is 9.72. The second-order valence-electron chi connectivity index (χ2n) is 12.4. The topological polar surface area (TPSA) is 84.5 Å². The van der Waals surface area contributed by atoms with E-state index in [1.807, 2.05) is 0 Å². The van der Waals surface area contributed by atoms with Gasteiger partial charge in [-0.05, 0) is 83.0 Å². The average molecular weight is 521 g/mol. The summed E-state index contributed by atoms with van der Waals surface area (Å²) >= 11 is 0. The SMILES string of the molecule is COc1c(C#N)c(C#N)c2c(c1OC)Oc1cc3c(cc1O2)C1(CC(C)(C)c2cc(C)c(C)cc21)CC3(C)C. The molecule has 1 atom stereocenters. The van der Waals surface area contributed by atoms with E-state index in [0.29, 0.717) is 11.5 Å². The van der Waals surface area contributed by atoms with Gasteiger partial charge < -0.3 is 18.9 Å². The monoisotopic (exact) mass is 520 g/mol. The lowest BCUT2D eigenvalue weighted by Crippen LogP contribution is -2.27. The van der Waals surface area contributed by atoms with Crippen molar-refractivity contribution >= 4 is 0 Å². The molecule has 3 aliphatic rings. The van der Waals surface area contributed by atoms with Crippen molar-refractivity contribution in [2.45, 2.75) is 70.6 Å². The van der Waals surface area contributed by atoms with Gasteiger partial charge in [-0.1, -0.05) is 39.8 Å². The van der Waals surface area contributed by atoms with Crippen molar-refractivity contribution in [1.29, 1.82) is 10.5 Å². The Bertz CT molecular complexity index is 1690. The maximum atomic E-state index is 10.0. The number of ether oxygens (including phenoxy) is 4. The van der Waals surface area contributed by atoms with Crippen LogP contribution >= 0.6 is 0 Å². The zero-order valence-corrected chi connectivity index (χ0v) is 23.8. The fourth-order valence-corrected chi connectivity index (χ4v) is 7.40. The minimum Gasteiger partial charge on any atom is -0.491 e. The van der Waals surface area contributed by atoms with E-state index in [1.54, 1.807) is 0 Å². The third kappa shape index (κ3) is 3.18. The number of hydrogen-bond acceptors (Lipinski definition) is 6. The minimum absolute atomic E-state index is 0.0188. The van der Waals surface area contributed by atoms with E-state index in [-0.39, 0.29) is 50.4 Å². The number of hydrogen-bond donors (Lipinski definition) is 0. The number of aryl methyl sites for hydroxylation is 2. The van der Waals surface area contributed by atoms with Crippen molar-refractivity contribution in [2.75, 3.05) is 14.2 Å². The van der Waals surface area contributed by atoms with Crippen molar-refractivity contribution in [3.63, 3.8) is 0 Å². The largest absolute Gasteiger partial charge is 0.491 e. The molecule has 6 heteroatoms. The third-order valence-corrected chi connectivity index (χ3v) is 9.07. The first-order chi connectivity index (χ1) is 18.4. The Hall–Kier alpha value is -4.16. The molecule has 0 aromatic heterocycles. The van der Waals surface area contributed by atoms with Crippen LogP contribution in [0.5, 0.6) is 34.5 Å². The lowest BCUT2D eigenvalue weighted by Gasteiger charge is -2.31. The van der Waals surface area contributed by atoms with Crippen LogP contribution in [0.4, 0.5) is 0 Å². The molecular weight excluding hydrogens is 488 g/mol. The minimum atomic E-state index is -0.164. The van der Waals surface area contributed by atoms with Crippen molar-refractivity contribution in [1.82, 2.24) is 0 Å². The van der Waals surface area contributed by atoms with Gasteiger partial charge in [-0.25, -0.2) is 0 Å². The van der Waals surface area contributed by atoms with Crippen LogP contribution in [-0.2, 0) is 16.2 Å². The van der Waals surface area contributed by atoms with E-state index in [9.17, 15) is 10.5 Å². The van der Waals surface area contributed by atoms with E-state index in [1.165, 1.54) is 47.6 Å². The second-order valence-corrected chi connectivity index (χ2v) is 12.4. The standard InChI is InChI=1S/C33H32N2O4/c1-17-9-21-23(10-18(17)2)33(15-31(21,3)4)16-32(5,6)22-11-25-26(12-24(22)33)38-28-20(14-35)19(13-34)27(36-7)29(37-8)30(28)39-25/h9-12H,15-16H2,1-8H3. The molecule has 0 saturated heterocycles. The quantitative estimate of drug-likeness (QED) is 0.270. The normalized spacial score (nSPS) is 20.5. The van der Waals surface area contributed by atoms with Gasteiger partial charge in [-0.3, -0.25) is 0 Å². The second kappa shape index (κ2) is 7.93. The number of nitriles is 2. The van der Waals surface area contributed by atoms with Crippen LogP contribution in [0, 0.1) is 36.5 Å². The van der Waals surface area contributed by atoms with Crippen molar-refractivity contribution in [2.24, 2.45) is 0 Å². The average Bonchev–Trinajstić information content (AvgIpc) is 3.24. The summed E-state index contributed by atoms with van der Waals surface area (Å²) < 4.78 is 23.9. The first-order valence-electron chi connectivity index (χ1n) is 13.2. The van der Waals surface area contributed by atoms with Gasteiger partial charge in [0, 0.05) is 5.41 Å². The molecule has 0 radical (unpaired) electrons. The summed E-state index contributed by atoms with van der Waals surface area (Å²) in [6, 6.07) is 13.1. The maximum Gasteiger partial charge on any atom is 0.217 e. The predicted molar refractivity (Wildman–Crippen MR) is 148 cm³/mol. The summed E-state index contributed by atoms with van der Waals surface area (Å²) in [4.78, 5) is 0. The first-order valence-corrected chi connectivity index (χ1v) is 13.2. The van der Waals surface area contributed by atoms with Gasteiger partial charge in [-0.15, -0.1) is 0 Å². The molecule has 1 spiro atoms. The molecule has 3 aromatic carbocycles. The number of nitrogens with zero attached hydrogens (tertiary/aromatic N) is 2. The van der Waals surface area contributed by atoms with Crippen molar-refractivity contribution < 1.29 is 18.9 Å². The van der Waals surface area contributed by atoms with Crippen molar-refractivity contribution in [3.8, 4) is 46.6 Å². The Morgan fingerprint density at radius 1 is 0.667 bits per heavy atom. The highest BCUT2D eigenvalue weighted by molar-refractivity contribution is 5.77. The Morgan fingerprint density at radius 2 is 1.13 bits per heavy atom. The van der Waals surface area contributed by atoms with Crippen LogP contribution in [0.3, 0.4) is 0 Å². The van der Waals surface area contributed by atoms with E-state index >= 15 is 0 Å². The molecule has 0 N–H and O–H groups in total. The molecule has 0 amide bonds. The summed E-state index contributed by atoms with van der Waals surface area (Å²) in [5.74, 6) is 1.87. The molecule has 3 aromatic rings. The van der Waals surface area contributed by atoms with Crippen LogP contribution in [0.1, 0.15) is 85.0 Å². The summed E-state index contributed by atoms with van der Waals surface area (Å²) in [5, 5.41) is 19.9. The van der Waals surface area contributed by atoms with E-state index in [2.05, 4.69) is 77.9 Å². The third-order valence-electron chi connectivity index (χ3n) is 9.07. The zero-order valence-electron chi connectivity index (χ0n) is 23.8. The Labute approximate surface area is 229 Å². The zero-order chi connectivity index (χ0) is 28.1. The molecule has 6 nitrogen and oxygen atoms in total. The fraction of sp³-hybridized carbons (Fsp3) is 0.394. The van der Waals surface area contributed by atoms with E-state index in [4.69, 9.17) is 18.9 Å². The molecule has 1 heterocycles. The Kier molecular flexibility index (Phi) is 5.11. The van der Waals surface area contributed by atoms with Crippen molar-refractivity contribution in [3.05, 3.63) is 68.8 Å². The Morgan fingerprint density at radius 3 is 1.67 bits per heavy atom. The Balaban J connectivity index is 1.59. The van der Waals surface area contributed by atoms with E-state index < -0.39 is 0 Å². The predicted octanol–water partition coefficient (Wildman–Crippen LogP) is 7.61. The van der Waals surface area contributed by atoms with Crippen LogP contribution in [0.15, 0.2) is 24.3 Å². The molecule has 1 unspecified atom stereocenters. The lowest BCUT2D eigenvalue weighted by molar-refractivity contribution is 0.307. The first kappa shape index (κ1) is 25.1. The summed E-state index contributed by atoms with van der Waals surface area (Å²) in [6.07, 6.45) is 1.97. The van der Waals surface area contributed by atoms with Gasteiger partial charge in [0.15, 0.2) is 23.0 Å². The summed E-state index contributed by atoms with van der Waals surface area (Å²) in [6.45, 7) is 13.7. The van der Waals surface area contributed by atoms with Gasteiger partial charge >= 0.3 is 0 Å². The van der Waals surface area contributed by atoms with E-state index in [0.717, 1.165) is 12.8 Å². The highest BCUT2D eigenvalue weighted by Crippen LogP contribution is 2.65. The fourth-order valence-electron chi connectivity index (χ4n) is 7.40. The highest BCUT2D eigenvalue weighted by atomic mass is 16.6. The highest BCUT2D eigenvalue weighted by Gasteiger charge is 2.57. The number of rotatable bonds is 2. The molecule has 1 aliphatic heterocycles. The molecule has 198 valence electrons. The van der Waals surface area contributed by atoms with Gasteiger partial charge in [0.2, 0.25) is 11.5 Å². The molecule has 0 fully saturated rings. The van der Waals surface area contributed by atoms with Gasteiger partial charge in [0.25, 0.3) is 0 Å². The molecule has 0 saturated carbocycles. The molecule has 6 rings (SSSR count).